The van der Waals surface area contributed by atoms with Gasteiger partial charge in [-0.3, -0.25) is 4.90 Å². The lowest BCUT2D eigenvalue weighted by molar-refractivity contribution is 0.180. The molecule has 1 aromatic rings. The fourth-order valence-corrected chi connectivity index (χ4v) is 1.92. The van der Waals surface area contributed by atoms with Crippen molar-refractivity contribution in [3.63, 3.8) is 0 Å². The molecule has 0 bridgehead atoms. The van der Waals surface area contributed by atoms with Crippen LogP contribution in [0.3, 0.4) is 0 Å². The standard InChI is InChI=1S/C11H19N5O/c1-8-6-10(15-12)14-11(13-8)7-16(4-5-17)9-2-3-9/h6,9,17H,2-5,7,12H2,1H3,(H,13,14,15). The van der Waals surface area contributed by atoms with Crippen LogP contribution in [0.5, 0.6) is 0 Å². The molecule has 0 unspecified atom stereocenters. The molecule has 0 radical (unpaired) electrons. The van der Waals surface area contributed by atoms with E-state index in [1.165, 1.54) is 12.8 Å². The van der Waals surface area contributed by atoms with Crippen LogP contribution in [0.4, 0.5) is 5.82 Å². The Kier molecular flexibility index (Phi) is 3.88. The maximum Gasteiger partial charge on any atom is 0.145 e. The number of aliphatic hydroxyl groups excluding tert-OH is 1. The van der Waals surface area contributed by atoms with Crippen molar-refractivity contribution in [1.82, 2.24) is 14.9 Å². The molecule has 1 aliphatic carbocycles. The fraction of sp³-hybridized carbons (Fsp3) is 0.636. The number of nitrogens with zero attached hydrogens (tertiary/aromatic N) is 3. The van der Waals surface area contributed by atoms with Gasteiger partial charge in [-0.2, -0.15) is 0 Å². The Morgan fingerprint density at radius 1 is 1.53 bits per heavy atom. The molecule has 94 valence electrons. The highest BCUT2D eigenvalue weighted by molar-refractivity contribution is 5.33. The van der Waals surface area contributed by atoms with Gasteiger partial charge in [0.1, 0.15) is 11.6 Å². The molecule has 1 aliphatic rings. The Hall–Kier alpha value is -1.24. The third-order valence-corrected chi connectivity index (χ3v) is 2.84. The molecule has 0 saturated heterocycles. The largest absolute Gasteiger partial charge is 0.395 e. The van der Waals surface area contributed by atoms with Crippen molar-refractivity contribution in [2.24, 2.45) is 5.84 Å². The first kappa shape index (κ1) is 12.2. The third kappa shape index (κ3) is 3.36. The fourth-order valence-electron chi connectivity index (χ4n) is 1.92. The summed E-state index contributed by atoms with van der Waals surface area (Å²) in [4.78, 5) is 10.9. The van der Waals surface area contributed by atoms with Gasteiger partial charge in [0, 0.05) is 24.3 Å². The van der Waals surface area contributed by atoms with Crippen LogP contribution in [0.25, 0.3) is 0 Å². The van der Waals surface area contributed by atoms with Crippen LogP contribution in [0.2, 0.25) is 0 Å². The highest BCUT2D eigenvalue weighted by Crippen LogP contribution is 2.27. The first-order chi connectivity index (χ1) is 8.22. The number of anilines is 1. The van der Waals surface area contributed by atoms with Crippen LogP contribution >= 0.6 is 0 Å². The minimum atomic E-state index is 0.171. The molecule has 0 aromatic carbocycles. The van der Waals surface area contributed by atoms with Gasteiger partial charge in [-0.25, -0.2) is 15.8 Å². The maximum atomic E-state index is 9.03. The Balaban J connectivity index is 2.07. The second kappa shape index (κ2) is 5.39. The molecule has 2 rings (SSSR count). The molecule has 17 heavy (non-hydrogen) atoms. The number of nitrogens with one attached hydrogen (secondary N) is 1. The number of aromatic nitrogens is 2. The highest BCUT2D eigenvalue weighted by Gasteiger charge is 2.29. The zero-order valence-corrected chi connectivity index (χ0v) is 10.1. The summed E-state index contributed by atoms with van der Waals surface area (Å²) >= 11 is 0. The third-order valence-electron chi connectivity index (χ3n) is 2.84. The van der Waals surface area contributed by atoms with E-state index in [1.54, 1.807) is 6.07 Å². The molecule has 1 fully saturated rings. The molecule has 1 aromatic heterocycles. The molecule has 4 N–H and O–H groups in total. The highest BCUT2D eigenvalue weighted by atomic mass is 16.3. The Labute approximate surface area is 101 Å². The lowest BCUT2D eigenvalue weighted by atomic mass is 10.3. The normalized spacial score (nSPS) is 15.3. The van der Waals surface area contributed by atoms with Gasteiger partial charge in [-0.05, 0) is 19.8 Å². The SMILES string of the molecule is Cc1cc(NN)nc(CN(CCO)C2CC2)n1. The van der Waals surface area contributed by atoms with Gasteiger partial charge >= 0.3 is 0 Å². The number of hydrogen-bond acceptors (Lipinski definition) is 6. The molecular formula is C11H19N5O. The Morgan fingerprint density at radius 3 is 2.88 bits per heavy atom. The molecular weight excluding hydrogens is 218 g/mol. The molecule has 6 heteroatoms. The summed E-state index contributed by atoms with van der Waals surface area (Å²) in [7, 11) is 0. The number of hydrogen-bond donors (Lipinski definition) is 3. The average molecular weight is 237 g/mol. The summed E-state index contributed by atoms with van der Waals surface area (Å²) in [6.45, 7) is 3.43. The number of hydrazine groups is 1. The van der Waals surface area contributed by atoms with E-state index < -0.39 is 0 Å². The summed E-state index contributed by atoms with van der Waals surface area (Å²) in [5, 5.41) is 9.03. The van der Waals surface area contributed by atoms with Crippen molar-refractivity contribution in [2.45, 2.75) is 32.4 Å². The number of nitrogens with two attached hydrogens (primary N) is 1. The minimum Gasteiger partial charge on any atom is -0.395 e. The van der Waals surface area contributed by atoms with E-state index in [0.29, 0.717) is 24.9 Å². The molecule has 0 atom stereocenters. The van der Waals surface area contributed by atoms with Crippen molar-refractivity contribution >= 4 is 5.82 Å². The lowest BCUT2D eigenvalue weighted by Gasteiger charge is -2.20. The van der Waals surface area contributed by atoms with Crippen molar-refractivity contribution < 1.29 is 5.11 Å². The van der Waals surface area contributed by atoms with E-state index in [-0.39, 0.29) is 6.61 Å². The van der Waals surface area contributed by atoms with Gasteiger partial charge in [-0.15, -0.1) is 0 Å². The van der Waals surface area contributed by atoms with Gasteiger partial charge in [0.05, 0.1) is 13.2 Å². The van der Waals surface area contributed by atoms with Crippen LogP contribution in [0, 0.1) is 6.92 Å². The van der Waals surface area contributed by atoms with E-state index in [2.05, 4.69) is 20.3 Å². The summed E-state index contributed by atoms with van der Waals surface area (Å²) in [6, 6.07) is 2.39. The first-order valence-corrected chi connectivity index (χ1v) is 5.89. The van der Waals surface area contributed by atoms with Crippen LogP contribution in [0.15, 0.2) is 6.07 Å². The average Bonchev–Trinajstić information content (AvgIpc) is 3.11. The lowest BCUT2D eigenvalue weighted by Crippen LogP contribution is -2.29. The second-order valence-electron chi connectivity index (χ2n) is 4.38. The molecule has 0 spiro atoms. The second-order valence-corrected chi connectivity index (χ2v) is 4.38. The maximum absolute atomic E-state index is 9.03. The zero-order valence-electron chi connectivity index (χ0n) is 10.1. The minimum absolute atomic E-state index is 0.171. The monoisotopic (exact) mass is 237 g/mol. The number of rotatable bonds is 6. The van der Waals surface area contributed by atoms with E-state index in [0.717, 1.165) is 11.5 Å². The predicted octanol–water partition coefficient (Wildman–Crippen LogP) is 0.0273. The summed E-state index contributed by atoms with van der Waals surface area (Å²) in [5.74, 6) is 6.74. The van der Waals surface area contributed by atoms with Gasteiger partial charge in [0.2, 0.25) is 0 Å². The molecule has 0 aliphatic heterocycles. The van der Waals surface area contributed by atoms with Gasteiger partial charge in [0.25, 0.3) is 0 Å². The number of aryl methyl sites for hydroxylation is 1. The van der Waals surface area contributed by atoms with Gasteiger partial charge < -0.3 is 10.5 Å². The molecule has 1 saturated carbocycles. The summed E-state index contributed by atoms with van der Waals surface area (Å²) in [6.07, 6.45) is 2.40. The first-order valence-electron chi connectivity index (χ1n) is 5.89. The number of nitrogen functional groups attached to an aromatic ring is 1. The van der Waals surface area contributed by atoms with Crippen molar-refractivity contribution in [2.75, 3.05) is 18.6 Å². The van der Waals surface area contributed by atoms with Crippen molar-refractivity contribution in [1.29, 1.82) is 0 Å². The summed E-state index contributed by atoms with van der Waals surface area (Å²) < 4.78 is 0. The zero-order chi connectivity index (χ0) is 12.3. The van der Waals surface area contributed by atoms with E-state index in [9.17, 15) is 0 Å². The molecule has 6 nitrogen and oxygen atoms in total. The Morgan fingerprint density at radius 2 is 2.29 bits per heavy atom. The van der Waals surface area contributed by atoms with Crippen LogP contribution < -0.4 is 11.3 Å². The summed E-state index contributed by atoms with van der Waals surface area (Å²) in [5.41, 5.74) is 3.43. The van der Waals surface area contributed by atoms with Crippen molar-refractivity contribution in [3.05, 3.63) is 17.6 Å². The van der Waals surface area contributed by atoms with Crippen LogP contribution in [-0.2, 0) is 6.54 Å². The van der Waals surface area contributed by atoms with Gasteiger partial charge in [-0.1, -0.05) is 0 Å². The van der Waals surface area contributed by atoms with Gasteiger partial charge in [0.15, 0.2) is 0 Å². The van der Waals surface area contributed by atoms with E-state index in [1.807, 2.05) is 6.92 Å². The van der Waals surface area contributed by atoms with Crippen LogP contribution in [0.1, 0.15) is 24.4 Å². The topological polar surface area (TPSA) is 87.3 Å². The molecule has 1 heterocycles. The quantitative estimate of drug-likeness (QED) is 0.478. The van der Waals surface area contributed by atoms with Crippen molar-refractivity contribution in [3.8, 4) is 0 Å². The Bertz CT molecular complexity index is 380. The van der Waals surface area contributed by atoms with E-state index >= 15 is 0 Å². The predicted molar refractivity (Wildman–Crippen MR) is 65.1 cm³/mol. The van der Waals surface area contributed by atoms with E-state index in [4.69, 9.17) is 10.9 Å². The molecule has 0 amide bonds. The smallest absolute Gasteiger partial charge is 0.145 e. The number of aliphatic hydroxyl groups is 1. The van der Waals surface area contributed by atoms with Crippen LogP contribution in [-0.4, -0.2) is 39.2 Å².